The Balaban J connectivity index is 2.13. The zero-order valence-corrected chi connectivity index (χ0v) is 12.6. The van der Waals surface area contributed by atoms with Gasteiger partial charge in [0.2, 0.25) is 5.91 Å². The summed E-state index contributed by atoms with van der Waals surface area (Å²) in [5.41, 5.74) is 3.14. The monoisotopic (exact) mass is 273 g/mol. The average molecular weight is 273 g/mol. The van der Waals surface area contributed by atoms with E-state index >= 15 is 0 Å². The lowest BCUT2D eigenvalue weighted by atomic mass is 9.87. The first kappa shape index (κ1) is 14.8. The minimum atomic E-state index is -0.542. The number of rotatable bonds is 2. The highest BCUT2D eigenvalue weighted by Crippen LogP contribution is 2.31. The molecule has 2 atom stereocenters. The molecule has 2 N–H and O–H groups in total. The minimum Gasteiger partial charge on any atom is -0.390 e. The van der Waals surface area contributed by atoms with Crippen molar-refractivity contribution in [3.63, 3.8) is 0 Å². The number of amides is 1. The fourth-order valence-electron chi connectivity index (χ4n) is 2.36. The van der Waals surface area contributed by atoms with Crippen LogP contribution in [0.4, 0.5) is 0 Å². The second-order valence-electron chi connectivity index (χ2n) is 6.53. The van der Waals surface area contributed by atoms with Gasteiger partial charge in [-0.1, -0.05) is 50.6 Å². The number of benzene rings is 1. The molecule has 20 heavy (non-hydrogen) atoms. The number of aliphatic hydroxyl groups excluding tert-OH is 1. The summed E-state index contributed by atoms with van der Waals surface area (Å²) >= 11 is 0. The van der Waals surface area contributed by atoms with E-state index in [0.717, 1.165) is 16.7 Å². The van der Waals surface area contributed by atoms with Crippen molar-refractivity contribution in [2.24, 2.45) is 5.41 Å². The molecule has 3 nitrogen and oxygen atoms in total. The molecule has 0 saturated heterocycles. The molecule has 1 aromatic rings. The fourth-order valence-corrected chi connectivity index (χ4v) is 2.36. The first-order valence-electron chi connectivity index (χ1n) is 7.04. The highest BCUT2D eigenvalue weighted by Gasteiger charge is 2.31. The normalized spacial score (nSPS) is 22.6. The van der Waals surface area contributed by atoms with Gasteiger partial charge < -0.3 is 10.4 Å². The molecule has 2 rings (SSSR count). The lowest BCUT2D eigenvalue weighted by Crippen LogP contribution is -2.33. The van der Waals surface area contributed by atoms with Crippen molar-refractivity contribution in [2.45, 2.75) is 46.3 Å². The van der Waals surface area contributed by atoms with Gasteiger partial charge in [0, 0.05) is 12.5 Å². The van der Waals surface area contributed by atoms with Crippen LogP contribution in [0.25, 0.3) is 0 Å². The Kier molecular flexibility index (Phi) is 4.00. The van der Waals surface area contributed by atoms with Gasteiger partial charge in [0.05, 0.1) is 12.1 Å². The van der Waals surface area contributed by atoms with Gasteiger partial charge in [-0.15, -0.1) is 0 Å². The van der Waals surface area contributed by atoms with Crippen molar-refractivity contribution in [1.82, 2.24) is 5.32 Å². The molecule has 108 valence electrons. The maximum absolute atomic E-state index is 12.1. The number of hydrogen-bond acceptors (Lipinski definition) is 2. The van der Waals surface area contributed by atoms with Gasteiger partial charge >= 0.3 is 0 Å². The maximum atomic E-state index is 12.1. The average Bonchev–Trinajstić information content (AvgIpc) is 2.65. The molecule has 0 aliphatic heterocycles. The molecule has 0 radical (unpaired) electrons. The summed E-state index contributed by atoms with van der Waals surface area (Å²) in [5, 5.41) is 13.0. The van der Waals surface area contributed by atoms with Crippen molar-refractivity contribution in [1.29, 1.82) is 0 Å². The van der Waals surface area contributed by atoms with Crippen LogP contribution in [0.1, 0.15) is 44.9 Å². The van der Waals surface area contributed by atoms with Gasteiger partial charge in [-0.05, 0) is 23.5 Å². The smallest absolute Gasteiger partial charge is 0.244 e. The summed E-state index contributed by atoms with van der Waals surface area (Å²) in [4.78, 5) is 12.1. The Morgan fingerprint density at radius 1 is 1.35 bits per heavy atom. The number of carbonyl (C=O) groups is 1. The molecule has 0 heterocycles. The Morgan fingerprint density at radius 3 is 2.65 bits per heavy atom. The third-order valence-electron chi connectivity index (χ3n) is 4.03. The highest BCUT2D eigenvalue weighted by atomic mass is 16.3. The van der Waals surface area contributed by atoms with E-state index < -0.39 is 6.10 Å². The van der Waals surface area contributed by atoms with Crippen LogP contribution in [0.15, 0.2) is 35.9 Å². The molecular formula is C17H23NO2. The molecule has 1 aromatic carbocycles. The van der Waals surface area contributed by atoms with Gasteiger partial charge in [-0.25, -0.2) is 0 Å². The standard InChI is InChI=1S/C17H23NO2/c1-11(17(2,3)4)9-15(20)18-16-13-8-6-5-7-12(13)10-14(16)19/h5-9,14,16,19H,10H2,1-4H3,(H,18,20)/b11-9-. The second kappa shape index (κ2) is 5.41. The molecule has 1 amide bonds. The van der Waals surface area contributed by atoms with Crippen molar-refractivity contribution in [2.75, 3.05) is 0 Å². The van der Waals surface area contributed by atoms with Crippen LogP contribution in [0.2, 0.25) is 0 Å². The molecule has 0 aromatic heterocycles. The van der Waals surface area contributed by atoms with E-state index in [4.69, 9.17) is 0 Å². The zero-order chi connectivity index (χ0) is 14.9. The summed E-state index contributed by atoms with van der Waals surface area (Å²) in [7, 11) is 0. The third kappa shape index (κ3) is 3.10. The van der Waals surface area contributed by atoms with Crippen LogP contribution in [-0.4, -0.2) is 17.1 Å². The number of hydrogen-bond donors (Lipinski definition) is 2. The van der Waals surface area contributed by atoms with Crippen LogP contribution >= 0.6 is 0 Å². The van der Waals surface area contributed by atoms with Crippen molar-refractivity contribution in [3.8, 4) is 0 Å². The van der Waals surface area contributed by atoms with Crippen molar-refractivity contribution >= 4 is 5.91 Å². The quantitative estimate of drug-likeness (QED) is 0.814. The Bertz CT molecular complexity index is 540. The SMILES string of the molecule is C/C(=C/C(=O)NC1c2ccccc2CC1O)C(C)(C)C. The van der Waals surface area contributed by atoms with Crippen LogP contribution < -0.4 is 5.32 Å². The summed E-state index contributed by atoms with van der Waals surface area (Å²) < 4.78 is 0. The second-order valence-corrected chi connectivity index (χ2v) is 6.53. The van der Waals surface area contributed by atoms with E-state index in [1.807, 2.05) is 31.2 Å². The first-order valence-corrected chi connectivity index (χ1v) is 7.04. The van der Waals surface area contributed by atoms with Crippen LogP contribution in [0, 0.1) is 5.41 Å². The summed E-state index contributed by atoms with van der Waals surface area (Å²) in [6, 6.07) is 7.56. The number of nitrogens with one attached hydrogen (secondary N) is 1. The summed E-state index contributed by atoms with van der Waals surface area (Å²) in [6.45, 7) is 8.18. The van der Waals surface area contributed by atoms with Gasteiger partial charge in [-0.3, -0.25) is 4.79 Å². The van der Waals surface area contributed by atoms with Crippen molar-refractivity contribution in [3.05, 3.63) is 47.0 Å². The predicted molar refractivity (Wildman–Crippen MR) is 80.2 cm³/mol. The molecule has 1 aliphatic rings. The number of carbonyl (C=O) groups excluding carboxylic acids is 1. The molecule has 0 fully saturated rings. The fraction of sp³-hybridized carbons (Fsp3) is 0.471. The first-order chi connectivity index (χ1) is 9.29. The Labute approximate surface area is 120 Å². The lowest BCUT2D eigenvalue weighted by molar-refractivity contribution is -0.118. The zero-order valence-electron chi connectivity index (χ0n) is 12.6. The van der Waals surface area contributed by atoms with E-state index in [2.05, 4.69) is 26.1 Å². The molecule has 3 heteroatoms. The molecule has 2 unspecified atom stereocenters. The van der Waals surface area contributed by atoms with Crippen LogP contribution in [0.3, 0.4) is 0 Å². The Hall–Kier alpha value is -1.61. The van der Waals surface area contributed by atoms with Crippen molar-refractivity contribution < 1.29 is 9.90 Å². The lowest BCUT2D eigenvalue weighted by Gasteiger charge is -2.21. The number of allylic oxidation sites excluding steroid dienone is 1. The molecule has 0 spiro atoms. The summed E-state index contributed by atoms with van der Waals surface area (Å²) in [6.07, 6.45) is 1.69. The number of aliphatic hydroxyl groups is 1. The topological polar surface area (TPSA) is 49.3 Å². The Morgan fingerprint density at radius 2 is 2.00 bits per heavy atom. The van der Waals surface area contributed by atoms with Crippen LogP contribution in [-0.2, 0) is 11.2 Å². The largest absolute Gasteiger partial charge is 0.390 e. The van der Waals surface area contributed by atoms with Gasteiger partial charge in [0.15, 0.2) is 0 Å². The molecule has 0 bridgehead atoms. The van der Waals surface area contributed by atoms with E-state index in [9.17, 15) is 9.90 Å². The van der Waals surface area contributed by atoms with E-state index in [0.29, 0.717) is 6.42 Å². The van der Waals surface area contributed by atoms with Gasteiger partial charge in [0.1, 0.15) is 0 Å². The highest BCUT2D eigenvalue weighted by molar-refractivity contribution is 5.88. The van der Waals surface area contributed by atoms with E-state index in [-0.39, 0.29) is 17.4 Å². The molecular weight excluding hydrogens is 250 g/mol. The number of fused-ring (bicyclic) bond motifs is 1. The minimum absolute atomic E-state index is 0.0243. The third-order valence-corrected chi connectivity index (χ3v) is 4.03. The van der Waals surface area contributed by atoms with E-state index in [1.165, 1.54) is 0 Å². The predicted octanol–water partition coefficient (Wildman–Crippen LogP) is 2.75. The molecule has 0 saturated carbocycles. The van der Waals surface area contributed by atoms with Crippen LogP contribution in [0.5, 0.6) is 0 Å². The van der Waals surface area contributed by atoms with Gasteiger partial charge in [-0.2, -0.15) is 0 Å². The molecule has 1 aliphatic carbocycles. The van der Waals surface area contributed by atoms with E-state index in [1.54, 1.807) is 6.08 Å². The van der Waals surface area contributed by atoms with Gasteiger partial charge in [0.25, 0.3) is 0 Å². The maximum Gasteiger partial charge on any atom is 0.244 e. The summed E-state index contributed by atoms with van der Waals surface area (Å²) in [5.74, 6) is -0.141.